The van der Waals surface area contributed by atoms with Crippen LogP contribution in [-0.4, -0.2) is 28.6 Å². The second-order valence-electron chi connectivity index (χ2n) is 7.45. The highest BCUT2D eigenvalue weighted by molar-refractivity contribution is 6.51. The van der Waals surface area contributed by atoms with Gasteiger partial charge in [-0.25, -0.2) is 0 Å². The summed E-state index contributed by atoms with van der Waals surface area (Å²) < 4.78 is 10.7. The molecule has 8 heteroatoms. The molecule has 0 spiro atoms. The minimum Gasteiger partial charge on any atom is -0.507 e. The Balaban J connectivity index is 1.71. The lowest BCUT2D eigenvalue weighted by atomic mass is 9.95. The molecule has 7 nitrogen and oxygen atoms in total. The van der Waals surface area contributed by atoms with Crippen LogP contribution in [-0.2, 0) is 9.59 Å². The average Bonchev–Trinajstić information content (AvgIpc) is 3.36. The molecule has 32 heavy (non-hydrogen) atoms. The SMILES string of the molecule is Cc1cc(Cl)ccc1N1C(=O)C(=O)/C(=C(\O)c2ccc3c(c2)OCO3)C1c1ccncc1. The lowest BCUT2D eigenvalue weighted by Gasteiger charge is -2.26. The maximum Gasteiger partial charge on any atom is 0.300 e. The lowest BCUT2D eigenvalue weighted by molar-refractivity contribution is -0.132. The molecule has 0 aliphatic carbocycles. The predicted molar refractivity (Wildman–Crippen MR) is 118 cm³/mol. The zero-order valence-electron chi connectivity index (χ0n) is 16.9. The summed E-state index contributed by atoms with van der Waals surface area (Å²) >= 11 is 6.10. The number of pyridine rings is 1. The van der Waals surface area contributed by atoms with Gasteiger partial charge in [-0.1, -0.05) is 11.6 Å². The maximum absolute atomic E-state index is 13.2. The van der Waals surface area contributed by atoms with Gasteiger partial charge in [-0.05, 0) is 66.6 Å². The summed E-state index contributed by atoms with van der Waals surface area (Å²) in [6.45, 7) is 1.89. The van der Waals surface area contributed by atoms with E-state index in [2.05, 4.69) is 4.98 Å². The molecular formula is C24H17ClN2O5. The third kappa shape index (κ3) is 3.18. The van der Waals surface area contributed by atoms with Crippen molar-refractivity contribution in [2.75, 3.05) is 11.7 Å². The van der Waals surface area contributed by atoms with Crippen molar-refractivity contribution >= 4 is 34.7 Å². The number of ether oxygens (including phenoxy) is 2. The largest absolute Gasteiger partial charge is 0.507 e. The fourth-order valence-corrected chi connectivity index (χ4v) is 4.26. The first-order chi connectivity index (χ1) is 15.5. The number of Topliss-reactive ketones (excluding diaryl/α,β-unsaturated/α-hetero) is 1. The van der Waals surface area contributed by atoms with E-state index in [9.17, 15) is 14.7 Å². The first kappa shape index (κ1) is 20.1. The predicted octanol–water partition coefficient (Wildman–Crippen LogP) is 4.40. The Hall–Kier alpha value is -3.84. The highest BCUT2D eigenvalue weighted by Crippen LogP contribution is 2.44. The van der Waals surface area contributed by atoms with Gasteiger partial charge < -0.3 is 14.6 Å². The summed E-state index contributed by atoms with van der Waals surface area (Å²) in [5, 5.41) is 11.7. The fraction of sp³-hybridized carbons (Fsp3) is 0.125. The van der Waals surface area contributed by atoms with Crippen molar-refractivity contribution in [3.05, 3.63) is 88.2 Å². The molecule has 2 aliphatic heterocycles. The van der Waals surface area contributed by atoms with Gasteiger partial charge in [0.2, 0.25) is 6.79 Å². The number of nitrogens with zero attached hydrogens (tertiary/aromatic N) is 2. The highest BCUT2D eigenvalue weighted by atomic mass is 35.5. The molecule has 1 amide bonds. The molecule has 1 atom stereocenters. The molecule has 5 rings (SSSR count). The molecule has 1 fully saturated rings. The number of halogens is 1. The number of ketones is 1. The molecule has 1 N–H and O–H groups in total. The Morgan fingerprint density at radius 2 is 1.81 bits per heavy atom. The van der Waals surface area contributed by atoms with Crippen molar-refractivity contribution in [3.63, 3.8) is 0 Å². The molecule has 2 aromatic carbocycles. The van der Waals surface area contributed by atoms with Gasteiger partial charge in [-0.15, -0.1) is 0 Å². The van der Waals surface area contributed by atoms with Gasteiger partial charge >= 0.3 is 0 Å². The number of aryl methyl sites for hydroxylation is 1. The molecule has 1 aromatic heterocycles. The molecule has 1 saturated heterocycles. The smallest absolute Gasteiger partial charge is 0.300 e. The maximum atomic E-state index is 13.2. The van der Waals surface area contributed by atoms with Crippen molar-refractivity contribution < 1.29 is 24.2 Å². The second-order valence-corrected chi connectivity index (χ2v) is 7.88. The Kier molecular flexibility index (Phi) is 4.83. The number of aliphatic hydroxyl groups excluding tert-OH is 1. The number of hydrogen-bond donors (Lipinski definition) is 1. The molecule has 0 saturated carbocycles. The van der Waals surface area contributed by atoms with Gasteiger partial charge in [0.25, 0.3) is 11.7 Å². The minimum atomic E-state index is -0.844. The summed E-state index contributed by atoms with van der Waals surface area (Å²) in [4.78, 5) is 31.8. The topological polar surface area (TPSA) is 89.0 Å². The van der Waals surface area contributed by atoms with Crippen LogP contribution in [0.1, 0.15) is 22.7 Å². The number of carbonyl (C=O) groups is 2. The standard InChI is InChI=1S/C24H17ClN2O5/c1-13-10-16(25)3-4-17(13)27-21(14-6-8-26-9-7-14)20(23(29)24(27)30)22(28)15-2-5-18-19(11-15)32-12-31-18/h2-11,21,28H,12H2,1H3/b22-20-. The zero-order valence-corrected chi connectivity index (χ0v) is 17.7. The molecule has 3 aromatic rings. The number of carbonyl (C=O) groups excluding carboxylic acids is 2. The number of hydrogen-bond acceptors (Lipinski definition) is 6. The zero-order chi connectivity index (χ0) is 22.4. The quantitative estimate of drug-likeness (QED) is 0.363. The molecular weight excluding hydrogens is 432 g/mol. The Morgan fingerprint density at radius 3 is 2.56 bits per heavy atom. The first-order valence-corrected chi connectivity index (χ1v) is 10.2. The van der Waals surface area contributed by atoms with E-state index in [0.717, 1.165) is 5.56 Å². The number of anilines is 1. The van der Waals surface area contributed by atoms with Crippen LogP contribution >= 0.6 is 11.6 Å². The Morgan fingerprint density at radius 1 is 1.06 bits per heavy atom. The van der Waals surface area contributed by atoms with Gasteiger partial charge in [0.05, 0.1) is 11.6 Å². The van der Waals surface area contributed by atoms with Gasteiger partial charge in [0, 0.05) is 28.7 Å². The monoisotopic (exact) mass is 448 g/mol. The number of rotatable bonds is 3. The van der Waals surface area contributed by atoms with E-state index in [0.29, 0.717) is 33.3 Å². The number of fused-ring (bicyclic) bond motifs is 1. The van der Waals surface area contributed by atoms with E-state index in [1.54, 1.807) is 60.9 Å². The molecule has 0 bridgehead atoms. The van der Waals surface area contributed by atoms with Crippen LogP contribution < -0.4 is 14.4 Å². The van der Waals surface area contributed by atoms with Gasteiger partial charge in [0.1, 0.15) is 5.76 Å². The van der Waals surface area contributed by atoms with Crippen LogP contribution in [0.15, 0.2) is 66.5 Å². The molecule has 2 aliphatic rings. The lowest BCUT2D eigenvalue weighted by Crippen LogP contribution is -2.30. The van der Waals surface area contributed by atoms with E-state index in [4.69, 9.17) is 21.1 Å². The van der Waals surface area contributed by atoms with E-state index >= 15 is 0 Å². The van der Waals surface area contributed by atoms with Crippen LogP contribution in [0.25, 0.3) is 5.76 Å². The van der Waals surface area contributed by atoms with Crippen molar-refractivity contribution in [1.29, 1.82) is 0 Å². The second kappa shape index (κ2) is 7.69. The van der Waals surface area contributed by atoms with Gasteiger partial charge in [-0.2, -0.15) is 0 Å². The fourth-order valence-electron chi connectivity index (χ4n) is 4.03. The van der Waals surface area contributed by atoms with Crippen LogP contribution in [0, 0.1) is 6.92 Å². The van der Waals surface area contributed by atoms with E-state index in [1.807, 2.05) is 6.92 Å². The highest BCUT2D eigenvalue weighted by Gasteiger charge is 2.47. The normalized spacial score (nSPS) is 18.9. The molecule has 160 valence electrons. The van der Waals surface area contributed by atoms with Crippen molar-refractivity contribution in [1.82, 2.24) is 4.98 Å². The van der Waals surface area contributed by atoms with Crippen molar-refractivity contribution in [3.8, 4) is 11.5 Å². The summed E-state index contributed by atoms with van der Waals surface area (Å²) in [7, 11) is 0. The first-order valence-electron chi connectivity index (χ1n) is 9.83. The number of aromatic nitrogens is 1. The van der Waals surface area contributed by atoms with E-state index in [-0.39, 0.29) is 18.1 Å². The van der Waals surface area contributed by atoms with Gasteiger partial charge in [-0.3, -0.25) is 19.5 Å². The summed E-state index contributed by atoms with van der Waals surface area (Å²) in [6.07, 6.45) is 3.15. The molecule has 1 unspecified atom stereocenters. The number of amides is 1. The third-order valence-corrected chi connectivity index (χ3v) is 5.77. The van der Waals surface area contributed by atoms with Crippen LogP contribution in [0.2, 0.25) is 5.02 Å². The van der Waals surface area contributed by atoms with Crippen molar-refractivity contribution in [2.45, 2.75) is 13.0 Å². The molecule has 0 radical (unpaired) electrons. The van der Waals surface area contributed by atoms with Crippen LogP contribution in [0.4, 0.5) is 5.69 Å². The Labute approximate surface area is 188 Å². The van der Waals surface area contributed by atoms with Crippen LogP contribution in [0.5, 0.6) is 11.5 Å². The van der Waals surface area contributed by atoms with Gasteiger partial charge in [0.15, 0.2) is 11.5 Å². The summed E-state index contributed by atoms with van der Waals surface area (Å²) in [5.41, 5.74) is 2.22. The minimum absolute atomic E-state index is 0.0191. The van der Waals surface area contributed by atoms with Crippen molar-refractivity contribution in [2.24, 2.45) is 0 Å². The third-order valence-electron chi connectivity index (χ3n) is 5.53. The average molecular weight is 449 g/mol. The van der Waals surface area contributed by atoms with Crippen LogP contribution in [0.3, 0.4) is 0 Å². The number of aliphatic hydroxyl groups is 1. The Bertz CT molecular complexity index is 1290. The molecule has 3 heterocycles. The summed E-state index contributed by atoms with van der Waals surface area (Å²) in [5.74, 6) is -0.810. The summed E-state index contributed by atoms with van der Waals surface area (Å²) in [6, 6.07) is 12.5. The van der Waals surface area contributed by atoms with E-state index < -0.39 is 17.7 Å². The number of benzene rings is 2. The van der Waals surface area contributed by atoms with E-state index in [1.165, 1.54) is 4.90 Å².